The third-order valence-electron chi connectivity index (χ3n) is 4.79. The number of carbonyl (C=O) groups excluding carboxylic acids is 2. The van der Waals surface area contributed by atoms with Gasteiger partial charge >= 0.3 is 11.9 Å². The zero-order chi connectivity index (χ0) is 15.9. The second-order valence-electron chi connectivity index (χ2n) is 6.58. The van der Waals surface area contributed by atoms with E-state index in [-0.39, 0.29) is 24.3 Å². The van der Waals surface area contributed by atoms with E-state index in [1.807, 2.05) is 6.08 Å². The minimum Gasteiger partial charge on any atom is -0.461 e. The molecule has 0 saturated carbocycles. The van der Waals surface area contributed by atoms with E-state index in [9.17, 15) is 9.59 Å². The first kappa shape index (κ1) is 15.3. The standard InChI is InChI=1S/C17H22O5/c1-10-4-5-15-17(3,22-15)7-6-12-13(9-20-11(2)18)16(19)21-14(12)8-10/h8,14-15H,4-7,9H2,1-3H3. The van der Waals surface area contributed by atoms with Gasteiger partial charge < -0.3 is 14.2 Å². The molecule has 5 heteroatoms. The van der Waals surface area contributed by atoms with Gasteiger partial charge in [-0.15, -0.1) is 0 Å². The van der Waals surface area contributed by atoms with Crippen LogP contribution in [-0.2, 0) is 23.8 Å². The third-order valence-corrected chi connectivity index (χ3v) is 4.79. The minimum absolute atomic E-state index is 0.00606. The molecular weight excluding hydrogens is 284 g/mol. The summed E-state index contributed by atoms with van der Waals surface area (Å²) < 4.78 is 16.3. The molecule has 3 aliphatic rings. The van der Waals surface area contributed by atoms with Crippen molar-refractivity contribution in [3.8, 4) is 0 Å². The van der Waals surface area contributed by atoms with Crippen molar-refractivity contribution in [3.05, 3.63) is 22.8 Å². The highest BCUT2D eigenvalue weighted by atomic mass is 16.6. The average molecular weight is 306 g/mol. The van der Waals surface area contributed by atoms with E-state index in [0.29, 0.717) is 11.7 Å². The molecule has 0 radical (unpaired) electrons. The maximum Gasteiger partial charge on any atom is 0.338 e. The van der Waals surface area contributed by atoms with Gasteiger partial charge in [-0.25, -0.2) is 4.79 Å². The van der Waals surface area contributed by atoms with Gasteiger partial charge in [-0.05, 0) is 51.2 Å². The molecule has 2 heterocycles. The Morgan fingerprint density at radius 3 is 2.95 bits per heavy atom. The lowest BCUT2D eigenvalue weighted by atomic mass is 9.89. The SMILES string of the molecule is CC(=O)OCC1=C2CCC3(C)OC3CCC(C)=CC2OC1=O. The van der Waals surface area contributed by atoms with Crippen LogP contribution in [0.5, 0.6) is 0 Å². The molecule has 0 aromatic heterocycles. The summed E-state index contributed by atoms with van der Waals surface area (Å²) in [5.41, 5.74) is 2.53. The normalized spacial score (nSPS) is 34.3. The molecular formula is C17H22O5. The second-order valence-corrected chi connectivity index (χ2v) is 6.58. The van der Waals surface area contributed by atoms with Crippen LogP contribution in [0.4, 0.5) is 0 Å². The van der Waals surface area contributed by atoms with Gasteiger partial charge in [0.1, 0.15) is 12.7 Å². The number of allylic oxidation sites excluding steroid dienone is 1. The van der Waals surface area contributed by atoms with Crippen LogP contribution < -0.4 is 0 Å². The van der Waals surface area contributed by atoms with Crippen molar-refractivity contribution in [1.82, 2.24) is 0 Å². The highest BCUT2D eigenvalue weighted by Crippen LogP contribution is 2.46. The first-order valence-electron chi connectivity index (χ1n) is 7.80. The minimum atomic E-state index is -0.395. The maximum absolute atomic E-state index is 12.1. The van der Waals surface area contributed by atoms with Crippen molar-refractivity contribution in [3.63, 3.8) is 0 Å². The van der Waals surface area contributed by atoms with Crippen molar-refractivity contribution in [2.24, 2.45) is 0 Å². The Morgan fingerprint density at radius 2 is 2.23 bits per heavy atom. The van der Waals surface area contributed by atoms with Gasteiger partial charge in [-0.2, -0.15) is 0 Å². The molecule has 120 valence electrons. The summed E-state index contributed by atoms with van der Waals surface area (Å²) in [6, 6.07) is 0. The van der Waals surface area contributed by atoms with Crippen LogP contribution in [0, 0.1) is 0 Å². The molecule has 0 N–H and O–H groups in total. The van der Waals surface area contributed by atoms with Crippen LogP contribution >= 0.6 is 0 Å². The Balaban J connectivity index is 1.87. The third kappa shape index (κ3) is 2.95. The topological polar surface area (TPSA) is 65.1 Å². The molecule has 0 amide bonds. The number of carbonyl (C=O) groups is 2. The van der Waals surface area contributed by atoms with Crippen molar-refractivity contribution < 1.29 is 23.8 Å². The number of hydrogen-bond donors (Lipinski definition) is 0. The molecule has 3 atom stereocenters. The van der Waals surface area contributed by atoms with Crippen LogP contribution in [0.25, 0.3) is 0 Å². The average Bonchev–Trinajstić information content (AvgIpc) is 2.99. The number of rotatable bonds is 2. The number of hydrogen-bond acceptors (Lipinski definition) is 5. The fraction of sp³-hybridized carbons (Fsp3) is 0.647. The summed E-state index contributed by atoms with van der Waals surface area (Å²) in [5, 5.41) is 0. The zero-order valence-corrected chi connectivity index (χ0v) is 13.3. The fourth-order valence-corrected chi connectivity index (χ4v) is 3.27. The van der Waals surface area contributed by atoms with Gasteiger partial charge in [-0.3, -0.25) is 4.79 Å². The highest BCUT2D eigenvalue weighted by Gasteiger charge is 2.51. The molecule has 22 heavy (non-hydrogen) atoms. The number of epoxide rings is 1. The van der Waals surface area contributed by atoms with E-state index < -0.39 is 5.97 Å². The lowest BCUT2D eigenvalue weighted by Crippen LogP contribution is -2.16. The van der Waals surface area contributed by atoms with Crippen LogP contribution in [-0.4, -0.2) is 36.4 Å². The van der Waals surface area contributed by atoms with Crippen molar-refractivity contribution >= 4 is 11.9 Å². The molecule has 2 aliphatic heterocycles. The van der Waals surface area contributed by atoms with E-state index in [0.717, 1.165) is 31.3 Å². The van der Waals surface area contributed by atoms with Gasteiger partial charge in [0.05, 0.1) is 17.3 Å². The maximum atomic E-state index is 12.1. The van der Waals surface area contributed by atoms with E-state index in [1.54, 1.807) is 0 Å². The summed E-state index contributed by atoms with van der Waals surface area (Å²) in [7, 11) is 0. The van der Waals surface area contributed by atoms with Gasteiger partial charge in [0.25, 0.3) is 0 Å². The summed E-state index contributed by atoms with van der Waals surface area (Å²) in [6.07, 6.45) is 5.54. The Hall–Kier alpha value is -1.62. The monoisotopic (exact) mass is 306 g/mol. The van der Waals surface area contributed by atoms with Crippen molar-refractivity contribution in [2.45, 2.75) is 64.3 Å². The van der Waals surface area contributed by atoms with Gasteiger partial charge in [-0.1, -0.05) is 5.57 Å². The van der Waals surface area contributed by atoms with Crippen LogP contribution in [0.3, 0.4) is 0 Å². The molecule has 5 nitrogen and oxygen atoms in total. The molecule has 1 aliphatic carbocycles. The molecule has 0 aromatic carbocycles. The molecule has 0 spiro atoms. The first-order chi connectivity index (χ1) is 10.4. The molecule has 1 fully saturated rings. The predicted molar refractivity (Wildman–Crippen MR) is 79.0 cm³/mol. The Bertz CT molecular complexity index is 574. The molecule has 3 rings (SSSR count). The Kier molecular flexibility index (Phi) is 3.85. The number of fused-ring (bicyclic) bond motifs is 2. The van der Waals surface area contributed by atoms with Gasteiger partial charge in [0.15, 0.2) is 0 Å². The fourth-order valence-electron chi connectivity index (χ4n) is 3.27. The Labute approximate surface area is 130 Å². The van der Waals surface area contributed by atoms with E-state index in [4.69, 9.17) is 14.2 Å². The predicted octanol–water partition coefficient (Wildman–Crippen LogP) is 2.45. The molecule has 1 saturated heterocycles. The van der Waals surface area contributed by atoms with Gasteiger partial charge in [0.2, 0.25) is 0 Å². The quantitative estimate of drug-likeness (QED) is 0.445. The summed E-state index contributed by atoms with van der Waals surface area (Å²) in [5.74, 6) is -0.767. The second kappa shape index (κ2) is 5.54. The lowest BCUT2D eigenvalue weighted by molar-refractivity contribution is -0.142. The lowest BCUT2D eigenvalue weighted by Gasteiger charge is -2.15. The molecule has 3 unspecified atom stereocenters. The first-order valence-corrected chi connectivity index (χ1v) is 7.80. The van der Waals surface area contributed by atoms with Crippen LogP contribution in [0.2, 0.25) is 0 Å². The summed E-state index contributed by atoms with van der Waals surface area (Å²) >= 11 is 0. The van der Waals surface area contributed by atoms with Crippen LogP contribution in [0.15, 0.2) is 22.8 Å². The van der Waals surface area contributed by atoms with E-state index >= 15 is 0 Å². The van der Waals surface area contributed by atoms with E-state index in [2.05, 4.69) is 13.8 Å². The molecule has 0 aromatic rings. The highest BCUT2D eigenvalue weighted by molar-refractivity contribution is 5.93. The van der Waals surface area contributed by atoms with Crippen molar-refractivity contribution in [2.75, 3.05) is 6.61 Å². The largest absolute Gasteiger partial charge is 0.461 e. The smallest absolute Gasteiger partial charge is 0.338 e. The Morgan fingerprint density at radius 1 is 1.45 bits per heavy atom. The molecule has 0 bridgehead atoms. The van der Waals surface area contributed by atoms with Gasteiger partial charge in [0, 0.05) is 6.92 Å². The zero-order valence-electron chi connectivity index (χ0n) is 13.3. The number of ether oxygens (including phenoxy) is 3. The summed E-state index contributed by atoms with van der Waals surface area (Å²) in [6.45, 7) is 5.51. The number of esters is 2. The summed E-state index contributed by atoms with van der Waals surface area (Å²) in [4.78, 5) is 23.1. The van der Waals surface area contributed by atoms with Crippen LogP contribution in [0.1, 0.15) is 46.5 Å². The van der Waals surface area contributed by atoms with E-state index in [1.165, 1.54) is 12.5 Å². The van der Waals surface area contributed by atoms with Crippen molar-refractivity contribution in [1.29, 1.82) is 0 Å².